The Hall–Kier alpha value is -3.91. The Morgan fingerprint density at radius 3 is 2.57 bits per heavy atom. The molecule has 6 rings (SSSR count). The highest BCUT2D eigenvalue weighted by molar-refractivity contribution is 5.88. The van der Waals surface area contributed by atoms with Crippen LogP contribution in [0, 0.1) is 5.92 Å². The normalized spacial score (nSPS) is 19.0. The predicted octanol–water partition coefficient (Wildman–Crippen LogP) is 6.76. The van der Waals surface area contributed by atoms with Crippen molar-refractivity contribution >= 4 is 33.8 Å². The molecule has 8 nitrogen and oxygen atoms in total. The third kappa shape index (κ3) is 6.46. The Morgan fingerprint density at radius 1 is 1.00 bits per heavy atom. The molecule has 1 saturated heterocycles. The lowest BCUT2D eigenvalue weighted by Gasteiger charge is -2.41. The standard InChI is InChI=1S/C36H44N4O4/c1-36(2,3)44-35(42)39-20-17-29(28-11-7-13-32-30(28)12-8-18-37-32)31(24-39)34(41)40(26-15-16-26)23-25-22-38(19-9-21-43-4)33-14-6-5-10-27(25)33/h5-8,10-14,18,22,26,29,31H,9,15-17,19-21,23-24H2,1-4H3/t29-,31+/m1/s1. The van der Waals surface area contributed by atoms with E-state index in [0.29, 0.717) is 32.7 Å². The quantitative estimate of drug-likeness (QED) is 0.200. The molecule has 2 fully saturated rings. The molecule has 232 valence electrons. The zero-order chi connectivity index (χ0) is 30.8. The Balaban J connectivity index is 1.34. The number of nitrogens with zero attached hydrogens (tertiary/aromatic N) is 4. The summed E-state index contributed by atoms with van der Waals surface area (Å²) < 4.78 is 13.4. The van der Waals surface area contributed by atoms with Gasteiger partial charge in [0.15, 0.2) is 0 Å². The summed E-state index contributed by atoms with van der Waals surface area (Å²) in [5.41, 5.74) is 3.78. The Morgan fingerprint density at radius 2 is 1.80 bits per heavy atom. The summed E-state index contributed by atoms with van der Waals surface area (Å²) in [5, 5.41) is 2.25. The summed E-state index contributed by atoms with van der Waals surface area (Å²) in [6.07, 6.45) is 7.27. The number of hydrogen-bond acceptors (Lipinski definition) is 5. The number of benzene rings is 2. The topological polar surface area (TPSA) is 76.9 Å². The van der Waals surface area contributed by atoms with Crippen molar-refractivity contribution in [2.45, 2.75) is 77.1 Å². The van der Waals surface area contributed by atoms with Crippen LogP contribution in [0.25, 0.3) is 21.8 Å². The van der Waals surface area contributed by atoms with Crippen molar-refractivity contribution in [3.8, 4) is 0 Å². The fourth-order valence-electron chi connectivity index (χ4n) is 6.70. The van der Waals surface area contributed by atoms with E-state index < -0.39 is 11.5 Å². The van der Waals surface area contributed by atoms with E-state index in [4.69, 9.17) is 9.47 Å². The number of piperidine rings is 1. The average Bonchev–Trinajstić information content (AvgIpc) is 3.80. The molecule has 2 atom stereocenters. The van der Waals surface area contributed by atoms with E-state index in [0.717, 1.165) is 47.8 Å². The molecule has 1 saturated carbocycles. The number of hydrogen-bond donors (Lipinski definition) is 0. The number of amides is 2. The van der Waals surface area contributed by atoms with Gasteiger partial charge in [0, 0.05) is 74.6 Å². The predicted molar refractivity (Wildman–Crippen MR) is 172 cm³/mol. The lowest BCUT2D eigenvalue weighted by molar-refractivity contribution is -0.139. The lowest BCUT2D eigenvalue weighted by Crippen LogP contribution is -2.51. The molecule has 0 unspecified atom stereocenters. The van der Waals surface area contributed by atoms with Crippen LogP contribution in [0.3, 0.4) is 0 Å². The van der Waals surface area contributed by atoms with Crippen molar-refractivity contribution in [1.82, 2.24) is 19.4 Å². The molecule has 2 amide bonds. The highest BCUT2D eigenvalue weighted by Crippen LogP contribution is 2.40. The molecule has 2 aromatic carbocycles. The summed E-state index contributed by atoms with van der Waals surface area (Å²) in [7, 11) is 1.73. The first kappa shape index (κ1) is 30.1. The van der Waals surface area contributed by atoms with E-state index in [1.54, 1.807) is 18.2 Å². The first-order valence-electron chi connectivity index (χ1n) is 15.9. The fraction of sp³-hybridized carbons (Fsp3) is 0.472. The van der Waals surface area contributed by atoms with Crippen LogP contribution >= 0.6 is 0 Å². The SMILES string of the molecule is COCCCn1cc(CN(C(=O)[C@H]2CN(C(=O)OC(C)(C)C)CC[C@@H]2c2cccc3ncccc23)C2CC2)c2ccccc21. The van der Waals surface area contributed by atoms with Crippen LogP contribution in [0.15, 0.2) is 67.0 Å². The molecule has 0 N–H and O–H groups in total. The van der Waals surface area contributed by atoms with Gasteiger partial charge in [0.1, 0.15) is 5.60 Å². The van der Waals surface area contributed by atoms with Crippen LogP contribution in [0.5, 0.6) is 0 Å². The van der Waals surface area contributed by atoms with Crippen molar-refractivity contribution in [2.24, 2.45) is 5.92 Å². The van der Waals surface area contributed by atoms with E-state index in [-0.39, 0.29) is 24.0 Å². The zero-order valence-electron chi connectivity index (χ0n) is 26.4. The van der Waals surface area contributed by atoms with Gasteiger partial charge in [-0.25, -0.2) is 4.79 Å². The third-order valence-electron chi connectivity index (χ3n) is 8.89. The van der Waals surface area contributed by atoms with Crippen molar-refractivity contribution < 1.29 is 19.1 Å². The number of likely N-dealkylation sites (tertiary alicyclic amines) is 1. The van der Waals surface area contributed by atoms with E-state index in [1.165, 1.54) is 10.9 Å². The second-order valence-corrected chi connectivity index (χ2v) is 13.3. The number of carbonyl (C=O) groups excluding carboxylic acids is 2. The zero-order valence-corrected chi connectivity index (χ0v) is 26.4. The Labute approximate surface area is 259 Å². The van der Waals surface area contributed by atoms with Crippen LogP contribution in [-0.2, 0) is 27.4 Å². The number of pyridine rings is 1. The molecule has 3 heterocycles. The number of methoxy groups -OCH3 is 1. The van der Waals surface area contributed by atoms with Gasteiger partial charge in [-0.2, -0.15) is 0 Å². The molecule has 4 aromatic rings. The van der Waals surface area contributed by atoms with Gasteiger partial charge in [-0.05, 0) is 81.7 Å². The molecule has 0 bridgehead atoms. The van der Waals surface area contributed by atoms with Gasteiger partial charge in [0.05, 0.1) is 11.4 Å². The summed E-state index contributed by atoms with van der Waals surface area (Å²) in [5.74, 6) is -0.314. The van der Waals surface area contributed by atoms with Crippen LogP contribution in [0.2, 0.25) is 0 Å². The second-order valence-electron chi connectivity index (χ2n) is 13.3. The molecule has 2 aliphatic rings. The first-order valence-corrected chi connectivity index (χ1v) is 15.9. The lowest BCUT2D eigenvalue weighted by atomic mass is 9.78. The highest BCUT2D eigenvalue weighted by Gasteiger charge is 2.43. The average molecular weight is 597 g/mol. The van der Waals surface area contributed by atoms with Crippen LogP contribution in [0.4, 0.5) is 4.79 Å². The van der Waals surface area contributed by atoms with Gasteiger partial charge in [-0.15, -0.1) is 0 Å². The Bertz CT molecular complexity index is 1630. The number of ether oxygens (including phenoxy) is 2. The molecule has 1 aliphatic carbocycles. The third-order valence-corrected chi connectivity index (χ3v) is 8.89. The van der Waals surface area contributed by atoms with Gasteiger partial charge in [-0.3, -0.25) is 9.78 Å². The minimum Gasteiger partial charge on any atom is -0.444 e. The summed E-state index contributed by atoms with van der Waals surface area (Å²) in [6.45, 7) is 8.62. The number of aromatic nitrogens is 2. The maximum absolute atomic E-state index is 14.8. The van der Waals surface area contributed by atoms with Crippen molar-refractivity contribution in [2.75, 3.05) is 26.8 Å². The largest absolute Gasteiger partial charge is 0.444 e. The van der Waals surface area contributed by atoms with Crippen LogP contribution in [0.1, 0.15) is 63.5 Å². The molecular weight excluding hydrogens is 552 g/mol. The molecule has 0 radical (unpaired) electrons. The second kappa shape index (κ2) is 12.6. The van der Waals surface area contributed by atoms with Crippen molar-refractivity contribution in [1.29, 1.82) is 0 Å². The molecule has 8 heteroatoms. The minimum absolute atomic E-state index is 0.0364. The van der Waals surface area contributed by atoms with Gasteiger partial charge >= 0.3 is 6.09 Å². The van der Waals surface area contributed by atoms with Gasteiger partial charge in [-0.1, -0.05) is 36.4 Å². The highest BCUT2D eigenvalue weighted by atomic mass is 16.6. The Kier molecular flexibility index (Phi) is 8.63. The maximum Gasteiger partial charge on any atom is 0.410 e. The smallest absolute Gasteiger partial charge is 0.410 e. The maximum atomic E-state index is 14.8. The monoisotopic (exact) mass is 596 g/mol. The number of rotatable bonds is 9. The molecule has 0 spiro atoms. The number of carbonyl (C=O) groups is 2. The van der Waals surface area contributed by atoms with E-state index in [2.05, 4.69) is 57.0 Å². The minimum atomic E-state index is -0.605. The number of para-hydroxylation sites is 1. The molecule has 2 aromatic heterocycles. The summed E-state index contributed by atoms with van der Waals surface area (Å²) >= 11 is 0. The molecule has 1 aliphatic heterocycles. The first-order chi connectivity index (χ1) is 21.2. The van der Waals surface area contributed by atoms with E-state index >= 15 is 0 Å². The van der Waals surface area contributed by atoms with E-state index in [1.807, 2.05) is 39.0 Å². The van der Waals surface area contributed by atoms with Gasteiger partial charge in [0.25, 0.3) is 0 Å². The number of fused-ring (bicyclic) bond motifs is 2. The van der Waals surface area contributed by atoms with Crippen LogP contribution < -0.4 is 0 Å². The summed E-state index contributed by atoms with van der Waals surface area (Å²) in [6, 6.07) is 18.9. The van der Waals surface area contributed by atoms with Crippen LogP contribution in [-0.4, -0.2) is 69.8 Å². The fourth-order valence-corrected chi connectivity index (χ4v) is 6.70. The van der Waals surface area contributed by atoms with Gasteiger partial charge < -0.3 is 23.8 Å². The molecular formula is C36H44N4O4. The summed E-state index contributed by atoms with van der Waals surface area (Å²) in [4.78, 5) is 36.5. The van der Waals surface area contributed by atoms with E-state index in [9.17, 15) is 9.59 Å². The number of aryl methyl sites for hydroxylation is 1. The van der Waals surface area contributed by atoms with Gasteiger partial charge in [0.2, 0.25) is 5.91 Å². The molecule has 44 heavy (non-hydrogen) atoms. The van der Waals surface area contributed by atoms with Crippen molar-refractivity contribution in [3.05, 3.63) is 78.1 Å². The van der Waals surface area contributed by atoms with Crippen molar-refractivity contribution in [3.63, 3.8) is 0 Å².